The van der Waals surface area contributed by atoms with Crippen molar-refractivity contribution in [1.29, 1.82) is 0 Å². The molecule has 0 aliphatic carbocycles. The molecule has 0 aliphatic rings. The molecule has 5 nitrogen and oxygen atoms in total. The number of aromatic nitrogens is 3. The number of hydrogen-bond donors (Lipinski definition) is 2. The molecule has 0 radical (unpaired) electrons. The molecule has 2 aromatic heterocycles. The third kappa shape index (κ3) is 2.62. The molecule has 0 saturated heterocycles. The van der Waals surface area contributed by atoms with Crippen LogP contribution in [0.15, 0.2) is 29.3 Å². The Morgan fingerprint density at radius 2 is 2.09 bits per heavy atom. The van der Waals surface area contributed by atoms with Crippen molar-refractivity contribution in [2.24, 2.45) is 0 Å². The van der Waals surface area contributed by atoms with Crippen molar-refractivity contribution in [2.75, 3.05) is 19.6 Å². The number of quaternary nitrogens is 1. The second-order valence-electron chi connectivity index (χ2n) is 5.49. The summed E-state index contributed by atoms with van der Waals surface area (Å²) < 4.78 is 1.69. The zero-order valence-corrected chi connectivity index (χ0v) is 13.6. The Labute approximate surface area is 133 Å². The van der Waals surface area contributed by atoms with Crippen LogP contribution < -0.4 is 10.5 Å². The quantitative estimate of drug-likeness (QED) is 0.748. The lowest BCUT2D eigenvalue weighted by Crippen LogP contribution is -3.11. The van der Waals surface area contributed by atoms with E-state index in [0.717, 1.165) is 30.5 Å². The molecule has 0 atom stereocenters. The molecule has 22 heavy (non-hydrogen) atoms. The van der Waals surface area contributed by atoms with Crippen molar-refractivity contribution in [1.82, 2.24) is 14.5 Å². The van der Waals surface area contributed by atoms with Crippen LogP contribution in [0, 0.1) is 0 Å². The maximum absolute atomic E-state index is 12.6. The highest BCUT2D eigenvalue weighted by Gasteiger charge is 2.12. The van der Waals surface area contributed by atoms with Crippen LogP contribution >= 0.6 is 11.6 Å². The van der Waals surface area contributed by atoms with E-state index in [9.17, 15) is 4.79 Å². The van der Waals surface area contributed by atoms with Gasteiger partial charge in [-0.3, -0.25) is 9.36 Å². The summed E-state index contributed by atoms with van der Waals surface area (Å²) in [4.78, 5) is 21.7. The largest absolute Gasteiger partial charge is 0.349 e. The smallest absolute Gasteiger partial charge is 0.277 e. The average molecular weight is 320 g/mol. The molecule has 1 aromatic carbocycles. The Balaban J connectivity index is 2.02. The molecule has 0 fully saturated rings. The molecule has 2 heterocycles. The fourth-order valence-corrected chi connectivity index (χ4v) is 2.98. The van der Waals surface area contributed by atoms with Crippen LogP contribution in [0.5, 0.6) is 0 Å². The lowest BCUT2D eigenvalue weighted by atomic mass is 10.2. The van der Waals surface area contributed by atoms with E-state index in [1.807, 2.05) is 18.2 Å². The SMILES string of the molecule is CC[NH+](CC)CCn1cnc2c([nH]c3ccc(Cl)cc32)c1=O. The van der Waals surface area contributed by atoms with Gasteiger partial charge in [0.05, 0.1) is 32.5 Å². The number of benzene rings is 1. The highest BCUT2D eigenvalue weighted by molar-refractivity contribution is 6.31. The van der Waals surface area contributed by atoms with Gasteiger partial charge in [0.15, 0.2) is 0 Å². The molecule has 3 rings (SSSR count). The lowest BCUT2D eigenvalue weighted by Gasteiger charge is -2.15. The molecule has 6 heteroatoms. The second-order valence-corrected chi connectivity index (χ2v) is 5.93. The van der Waals surface area contributed by atoms with Crippen LogP contribution in [-0.4, -0.2) is 34.2 Å². The first-order valence-corrected chi connectivity index (χ1v) is 8.01. The first-order valence-electron chi connectivity index (χ1n) is 7.64. The van der Waals surface area contributed by atoms with E-state index in [1.54, 1.807) is 10.9 Å². The van der Waals surface area contributed by atoms with E-state index >= 15 is 0 Å². The molecule has 116 valence electrons. The van der Waals surface area contributed by atoms with Crippen molar-refractivity contribution < 1.29 is 4.90 Å². The fraction of sp³-hybridized carbons (Fsp3) is 0.375. The van der Waals surface area contributed by atoms with Crippen LogP contribution in [0.1, 0.15) is 13.8 Å². The molecule has 3 aromatic rings. The van der Waals surface area contributed by atoms with Crippen LogP contribution in [0.2, 0.25) is 5.02 Å². The van der Waals surface area contributed by atoms with Gasteiger partial charge in [-0.2, -0.15) is 0 Å². The van der Waals surface area contributed by atoms with Gasteiger partial charge in [-0.15, -0.1) is 0 Å². The van der Waals surface area contributed by atoms with Crippen LogP contribution in [-0.2, 0) is 6.54 Å². The van der Waals surface area contributed by atoms with Gasteiger partial charge in [0.2, 0.25) is 0 Å². The van der Waals surface area contributed by atoms with Gasteiger partial charge in [-0.25, -0.2) is 4.98 Å². The number of nitrogens with zero attached hydrogens (tertiary/aromatic N) is 2. The van der Waals surface area contributed by atoms with Gasteiger partial charge in [-0.1, -0.05) is 11.6 Å². The maximum Gasteiger partial charge on any atom is 0.277 e. The summed E-state index contributed by atoms with van der Waals surface area (Å²) in [5.41, 5.74) is 2.10. The highest BCUT2D eigenvalue weighted by Crippen LogP contribution is 2.24. The minimum atomic E-state index is -0.0242. The summed E-state index contributed by atoms with van der Waals surface area (Å²) in [6, 6.07) is 5.53. The van der Waals surface area contributed by atoms with Crippen molar-refractivity contribution >= 4 is 33.5 Å². The third-order valence-electron chi connectivity index (χ3n) is 4.24. The van der Waals surface area contributed by atoms with Crippen LogP contribution in [0.25, 0.3) is 21.9 Å². The molecule has 0 unspecified atom stereocenters. The number of fused-ring (bicyclic) bond motifs is 3. The summed E-state index contributed by atoms with van der Waals surface area (Å²) in [6.45, 7) is 8.04. The normalized spacial score (nSPS) is 11.8. The molecule has 0 bridgehead atoms. The number of hydrogen-bond acceptors (Lipinski definition) is 2. The first kappa shape index (κ1) is 15.1. The average Bonchev–Trinajstić information content (AvgIpc) is 2.89. The predicted molar refractivity (Wildman–Crippen MR) is 89.8 cm³/mol. The molecule has 0 amide bonds. The Morgan fingerprint density at radius 3 is 2.82 bits per heavy atom. The van der Waals surface area contributed by atoms with Crippen molar-refractivity contribution in [3.63, 3.8) is 0 Å². The Hall–Kier alpha value is -1.85. The Bertz CT molecular complexity index is 864. The summed E-state index contributed by atoms with van der Waals surface area (Å²) in [6.07, 6.45) is 1.64. The van der Waals surface area contributed by atoms with Crippen molar-refractivity contribution in [3.8, 4) is 0 Å². The third-order valence-corrected chi connectivity index (χ3v) is 4.48. The summed E-state index contributed by atoms with van der Waals surface area (Å²) in [5.74, 6) is 0. The van der Waals surface area contributed by atoms with E-state index in [4.69, 9.17) is 11.6 Å². The van der Waals surface area contributed by atoms with E-state index in [2.05, 4.69) is 23.8 Å². The number of aromatic amines is 1. The van der Waals surface area contributed by atoms with Crippen LogP contribution in [0.3, 0.4) is 0 Å². The lowest BCUT2D eigenvalue weighted by molar-refractivity contribution is -0.897. The summed E-state index contributed by atoms with van der Waals surface area (Å²) in [7, 11) is 0. The molecular formula is C16H20ClN4O+. The van der Waals surface area contributed by atoms with E-state index in [0.29, 0.717) is 22.6 Å². The molecular weight excluding hydrogens is 300 g/mol. The van der Waals surface area contributed by atoms with Crippen molar-refractivity contribution in [2.45, 2.75) is 20.4 Å². The molecule has 0 aliphatic heterocycles. The van der Waals surface area contributed by atoms with E-state index in [1.165, 1.54) is 4.90 Å². The zero-order valence-electron chi connectivity index (χ0n) is 12.8. The van der Waals surface area contributed by atoms with Gasteiger partial charge in [-0.05, 0) is 32.0 Å². The highest BCUT2D eigenvalue weighted by atomic mass is 35.5. The van der Waals surface area contributed by atoms with Gasteiger partial charge in [0, 0.05) is 15.9 Å². The Kier molecular flexibility index (Phi) is 4.18. The standard InChI is InChI=1S/C16H19ClN4O/c1-3-20(4-2)7-8-21-10-18-14-12-9-11(17)5-6-13(12)19-15(14)16(21)22/h5-6,9-10,19H,3-4,7-8H2,1-2H3/p+1. The molecule has 0 saturated carbocycles. The summed E-state index contributed by atoms with van der Waals surface area (Å²) in [5, 5.41) is 1.53. The van der Waals surface area contributed by atoms with Gasteiger partial charge >= 0.3 is 0 Å². The van der Waals surface area contributed by atoms with Gasteiger partial charge in [0.25, 0.3) is 5.56 Å². The van der Waals surface area contributed by atoms with Crippen molar-refractivity contribution in [3.05, 3.63) is 39.9 Å². The number of H-pyrrole nitrogens is 1. The Morgan fingerprint density at radius 1 is 1.32 bits per heavy atom. The molecule has 2 N–H and O–H groups in total. The minimum Gasteiger partial charge on any atom is -0.349 e. The zero-order chi connectivity index (χ0) is 15.7. The minimum absolute atomic E-state index is 0.0242. The number of nitrogens with one attached hydrogen (secondary N) is 2. The van der Waals surface area contributed by atoms with E-state index < -0.39 is 0 Å². The van der Waals surface area contributed by atoms with E-state index in [-0.39, 0.29) is 5.56 Å². The van der Waals surface area contributed by atoms with Gasteiger partial charge in [0.1, 0.15) is 11.0 Å². The topological polar surface area (TPSA) is 55.1 Å². The monoisotopic (exact) mass is 319 g/mol. The molecule has 0 spiro atoms. The maximum atomic E-state index is 12.6. The predicted octanol–water partition coefficient (Wildman–Crippen LogP) is 1.46. The fourth-order valence-electron chi connectivity index (χ4n) is 2.80. The van der Waals surface area contributed by atoms with Crippen LogP contribution in [0.4, 0.5) is 0 Å². The van der Waals surface area contributed by atoms with Gasteiger partial charge < -0.3 is 9.88 Å². The number of likely N-dealkylation sites (N-methyl/N-ethyl adjacent to an activating group) is 1. The first-order chi connectivity index (χ1) is 10.6. The number of halogens is 1. The number of rotatable bonds is 5. The summed E-state index contributed by atoms with van der Waals surface area (Å²) >= 11 is 6.04. The second kappa shape index (κ2) is 6.10.